The van der Waals surface area contributed by atoms with Gasteiger partial charge in [0.25, 0.3) is 0 Å². The lowest BCUT2D eigenvalue weighted by molar-refractivity contribution is -0.149. The molecule has 19 heavy (non-hydrogen) atoms. The van der Waals surface area contributed by atoms with Crippen molar-refractivity contribution in [3.05, 3.63) is 35.9 Å². The number of nitrogens with one attached hydrogen (secondary N) is 1. The summed E-state index contributed by atoms with van der Waals surface area (Å²) in [5.74, 6) is -0.0421. The van der Waals surface area contributed by atoms with Gasteiger partial charge in [0.05, 0.1) is 13.0 Å². The fraction of sp³-hybridized carbons (Fsp3) is 0.533. The first-order valence-corrected chi connectivity index (χ1v) is 6.78. The fourth-order valence-electron chi connectivity index (χ4n) is 3.31. The molecule has 2 aliphatic heterocycles. The number of benzene rings is 1. The SMILES string of the molecule is COC(=O)C1CN(Cc2ccccc2)CC12CNC2. The van der Waals surface area contributed by atoms with Crippen LogP contribution in [-0.4, -0.2) is 44.2 Å². The molecular weight excluding hydrogens is 240 g/mol. The normalized spacial score (nSPS) is 25.2. The number of esters is 1. The summed E-state index contributed by atoms with van der Waals surface area (Å²) in [7, 11) is 1.49. The van der Waals surface area contributed by atoms with Crippen molar-refractivity contribution >= 4 is 5.97 Å². The Kier molecular flexibility index (Phi) is 3.29. The van der Waals surface area contributed by atoms with Crippen LogP contribution in [0, 0.1) is 11.3 Å². The molecule has 2 saturated heterocycles. The van der Waals surface area contributed by atoms with Gasteiger partial charge in [-0.25, -0.2) is 0 Å². The van der Waals surface area contributed by atoms with Gasteiger partial charge in [0.15, 0.2) is 0 Å². The number of rotatable bonds is 3. The number of hydrogen-bond donors (Lipinski definition) is 1. The van der Waals surface area contributed by atoms with Crippen molar-refractivity contribution in [3.63, 3.8) is 0 Å². The smallest absolute Gasteiger partial charge is 0.310 e. The van der Waals surface area contributed by atoms with Crippen LogP contribution in [0.1, 0.15) is 5.56 Å². The Morgan fingerprint density at radius 2 is 2.16 bits per heavy atom. The Balaban J connectivity index is 1.71. The molecule has 1 atom stereocenters. The predicted octanol–water partition coefficient (Wildman–Crippen LogP) is 0.881. The van der Waals surface area contributed by atoms with Crippen LogP contribution >= 0.6 is 0 Å². The van der Waals surface area contributed by atoms with Crippen LogP contribution in [0.15, 0.2) is 30.3 Å². The van der Waals surface area contributed by atoms with E-state index >= 15 is 0 Å². The van der Waals surface area contributed by atoms with E-state index in [0.717, 1.165) is 32.7 Å². The van der Waals surface area contributed by atoms with Crippen molar-refractivity contribution in [2.75, 3.05) is 33.3 Å². The highest BCUT2D eigenvalue weighted by Crippen LogP contribution is 2.40. The van der Waals surface area contributed by atoms with Gasteiger partial charge in [-0.15, -0.1) is 0 Å². The number of nitrogens with zero attached hydrogens (tertiary/aromatic N) is 1. The molecule has 0 amide bonds. The van der Waals surface area contributed by atoms with Crippen LogP contribution in [0.25, 0.3) is 0 Å². The molecule has 2 fully saturated rings. The number of ether oxygens (including phenoxy) is 1. The molecule has 102 valence electrons. The first-order chi connectivity index (χ1) is 9.23. The van der Waals surface area contributed by atoms with Gasteiger partial charge in [0.2, 0.25) is 0 Å². The maximum Gasteiger partial charge on any atom is 0.310 e. The number of carbonyl (C=O) groups is 1. The van der Waals surface area contributed by atoms with Crippen LogP contribution in [0.3, 0.4) is 0 Å². The standard InChI is InChI=1S/C15H20N2O2/c1-19-14(18)13-8-17(11-15(13)9-16-10-15)7-12-5-3-2-4-6-12/h2-6,13,16H,7-11H2,1H3. The Hall–Kier alpha value is -1.39. The highest BCUT2D eigenvalue weighted by atomic mass is 16.5. The number of hydrogen-bond acceptors (Lipinski definition) is 4. The maximum absolute atomic E-state index is 11.9. The molecule has 4 heteroatoms. The largest absolute Gasteiger partial charge is 0.469 e. The molecule has 0 radical (unpaired) electrons. The van der Waals surface area contributed by atoms with Gasteiger partial charge in [-0.2, -0.15) is 0 Å². The van der Waals surface area contributed by atoms with E-state index in [1.807, 2.05) is 6.07 Å². The zero-order valence-corrected chi connectivity index (χ0v) is 11.3. The molecule has 0 aromatic heterocycles. The highest BCUT2D eigenvalue weighted by molar-refractivity contribution is 5.74. The third-order valence-corrected chi connectivity index (χ3v) is 4.41. The molecule has 0 aliphatic carbocycles. The topological polar surface area (TPSA) is 41.6 Å². The second-order valence-electron chi connectivity index (χ2n) is 5.70. The summed E-state index contributed by atoms with van der Waals surface area (Å²) in [6.07, 6.45) is 0. The summed E-state index contributed by atoms with van der Waals surface area (Å²) in [5, 5.41) is 3.30. The van der Waals surface area contributed by atoms with Gasteiger partial charge in [-0.1, -0.05) is 30.3 Å². The second kappa shape index (κ2) is 4.94. The second-order valence-corrected chi connectivity index (χ2v) is 5.70. The van der Waals surface area contributed by atoms with E-state index in [-0.39, 0.29) is 17.3 Å². The Labute approximate surface area is 113 Å². The molecule has 1 N–H and O–H groups in total. The number of methoxy groups -OCH3 is 1. The molecule has 1 aromatic rings. The first kappa shape index (κ1) is 12.6. The van der Waals surface area contributed by atoms with Crippen molar-refractivity contribution in [2.24, 2.45) is 11.3 Å². The minimum atomic E-state index is -0.0583. The van der Waals surface area contributed by atoms with Crippen molar-refractivity contribution in [2.45, 2.75) is 6.54 Å². The number of likely N-dealkylation sites (tertiary alicyclic amines) is 1. The van der Waals surface area contributed by atoms with E-state index in [1.165, 1.54) is 12.7 Å². The molecule has 2 heterocycles. The summed E-state index contributed by atoms with van der Waals surface area (Å²) < 4.78 is 4.97. The molecule has 1 spiro atoms. The van der Waals surface area contributed by atoms with Gasteiger partial charge in [-0.3, -0.25) is 9.69 Å². The molecule has 1 aromatic carbocycles. The monoisotopic (exact) mass is 260 g/mol. The lowest BCUT2D eigenvalue weighted by atomic mass is 9.73. The van der Waals surface area contributed by atoms with Crippen LogP contribution < -0.4 is 5.32 Å². The lowest BCUT2D eigenvalue weighted by Crippen LogP contribution is -2.59. The molecule has 2 aliphatic rings. The minimum absolute atomic E-state index is 0.0162. The molecule has 3 rings (SSSR count). The van der Waals surface area contributed by atoms with Crippen LogP contribution in [0.2, 0.25) is 0 Å². The Bertz CT molecular complexity index is 456. The van der Waals surface area contributed by atoms with Crippen molar-refractivity contribution in [3.8, 4) is 0 Å². The third kappa shape index (κ3) is 2.26. The first-order valence-electron chi connectivity index (χ1n) is 6.78. The maximum atomic E-state index is 11.9. The summed E-state index contributed by atoms with van der Waals surface area (Å²) in [6.45, 7) is 4.56. The van der Waals surface area contributed by atoms with Crippen LogP contribution in [0.5, 0.6) is 0 Å². The fourth-order valence-corrected chi connectivity index (χ4v) is 3.31. The summed E-state index contributed by atoms with van der Waals surface area (Å²) in [6, 6.07) is 10.4. The van der Waals surface area contributed by atoms with E-state index < -0.39 is 0 Å². The van der Waals surface area contributed by atoms with Crippen molar-refractivity contribution in [1.82, 2.24) is 10.2 Å². The molecular formula is C15H20N2O2. The zero-order chi connectivity index (χ0) is 13.3. The predicted molar refractivity (Wildman–Crippen MR) is 72.5 cm³/mol. The molecule has 0 bridgehead atoms. The molecule has 1 unspecified atom stereocenters. The summed E-state index contributed by atoms with van der Waals surface area (Å²) >= 11 is 0. The van der Waals surface area contributed by atoms with Crippen molar-refractivity contribution in [1.29, 1.82) is 0 Å². The van der Waals surface area contributed by atoms with E-state index in [4.69, 9.17) is 4.74 Å². The average molecular weight is 260 g/mol. The van der Waals surface area contributed by atoms with Crippen LogP contribution in [-0.2, 0) is 16.1 Å². The summed E-state index contributed by atoms with van der Waals surface area (Å²) in [5.41, 5.74) is 1.40. The van der Waals surface area contributed by atoms with Crippen molar-refractivity contribution < 1.29 is 9.53 Å². The zero-order valence-electron chi connectivity index (χ0n) is 11.3. The van der Waals surface area contributed by atoms with E-state index in [9.17, 15) is 4.79 Å². The quantitative estimate of drug-likeness (QED) is 0.819. The van der Waals surface area contributed by atoms with Gasteiger partial charge in [-0.05, 0) is 5.56 Å². The summed E-state index contributed by atoms with van der Waals surface area (Å²) in [4.78, 5) is 14.3. The lowest BCUT2D eigenvalue weighted by Gasteiger charge is -2.42. The van der Waals surface area contributed by atoms with E-state index in [1.54, 1.807) is 0 Å². The molecule has 4 nitrogen and oxygen atoms in total. The Morgan fingerprint density at radius 3 is 2.74 bits per heavy atom. The average Bonchev–Trinajstić information content (AvgIpc) is 2.78. The number of carbonyl (C=O) groups excluding carboxylic acids is 1. The molecule has 0 saturated carbocycles. The van der Waals surface area contributed by atoms with Crippen LogP contribution in [0.4, 0.5) is 0 Å². The minimum Gasteiger partial charge on any atom is -0.469 e. The highest BCUT2D eigenvalue weighted by Gasteiger charge is 2.53. The van der Waals surface area contributed by atoms with Gasteiger partial charge >= 0.3 is 5.97 Å². The third-order valence-electron chi connectivity index (χ3n) is 4.41. The van der Waals surface area contributed by atoms with Gasteiger partial charge < -0.3 is 10.1 Å². The van der Waals surface area contributed by atoms with E-state index in [0.29, 0.717) is 0 Å². The van der Waals surface area contributed by atoms with Gasteiger partial charge in [0.1, 0.15) is 0 Å². The van der Waals surface area contributed by atoms with E-state index in [2.05, 4.69) is 34.5 Å². The Morgan fingerprint density at radius 1 is 1.42 bits per heavy atom. The van der Waals surface area contributed by atoms with Gasteiger partial charge in [0, 0.05) is 38.1 Å².